The first-order valence-corrected chi connectivity index (χ1v) is 6.12. The SMILES string of the molecule is CCC(C(=O)O)N(C)C(=O)c1cccc2cc[nH]c12. The van der Waals surface area contributed by atoms with Crippen molar-refractivity contribution in [3.05, 3.63) is 36.0 Å². The minimum absolute atomic E-state index is 0.290. The van der Waals surface area contributed by atoms with Gasteiger partial charge in [-0.1, -0.05) is 19.1 Å². The number of fused-ring (bicyclic) bond motifs is 1. The van der Waals surface area contributed by atoms with Gasteiger partial charge in [0.1, 0.15) is 6.04 Å². The number of likely N-dealkylation sites (N-methyl/N-ethyl adjacent to an activating group) is 1. The highest BCUT2D eigenvalue weighted by molar-refractivity contribution is 6.06. The van der Waals surface area contributed by atoms with Crippen LogP contribution in [0, 0.1) is 0 Å². The number of carboxylic acids is 1. The lowest BCUT2D eigenvalue weighted by atomic mass is 10.1. The highest BCUT2D eigenvalue weighted by Crippen LogP contribution is 2.19. The van der Waals surface area contributed by atoms with E-state index in [4.69, 9.17) is 5.11 Å². The Morgan fingerprint density at radius 2 is 2.11 bits per heavy atom. The molecule has 0 aliphatic heterocycles. The van der Waals surface area contributed by atoms with Gasteiger partial charge in [0.2, 0.25) is 0 Å². The summed E-state index contributed by atoms with van der Waals surface area (Å²) in [6.07, 6.45) is 2.13. The maximum absolute atomic E-state index is 12.4. The molecule has 0 saturated carbocycles. The zero-order valence-electron chi connectivity index (χ0n) is 10.9. The Morgan fingerprint density at radius 1 is 1.37 bits per heavy atom. The second kappa shape index (κ2) is 5.14. The van der Waals surface area contributed by atoms with Gasteiger partial charge < -0.3 is 15.0 Å². The Morgan fingerprint density at radius 3 is 2.74 bits per heavy atom. The van der Waals surface area contributed by atoms with E-state index in [0.717, 1.165) is 10.9 Å². The van der Waals surface area contributed by atoms with E-state index in [-0.39, 0.29) is 5.91 Å². The van der Waals surface area contributed by atoms with Crippen LogP contribution in [0.25, 0.3) is 10.9 Å². The zero-order valence-corrected chi connectivity index (χ0v) is 10.9. The third kappa shape index (κ3) is 2.31. The van der Waals surface area contributed by atoms with Gasteiger partial charge in [0.25, 0.3) is 5.91 Å². The summed E-state index contributed by atoms with van der Waals surface area (Å²) in [4.78, 5) is 27.8. The summed E-state index contributed by atoms with van der Waals surface area (Å²) in [6, 6.07) is 6.46. The average molecular weight is 260 g/mol. The predicted molar refractivity (Wildman–Crippen MR) is 72.1 cm³/mol. The van der Waals surface area contributed by atoms with Gasteiger partial charge in [-0.05, 0) is 18.6 Å². The maximum atomic E-state index is 12.4. The van der Waals surface area contributed by atoms with E-state index in [0.29, 0.717) is 12.0 Å². The molecular weight excluding hydrogens is 244 g/mol. The van der Waals surface area contributed by atoms with Gasteiger partial charge in [0.15, 0.2) is 0 Å². The Kier molecular flexibility index (Phi) is 3.55. The number of benzene rings is 1. The van der Waals surface area contributed by atoms with E-state index >= 15 is 0 Å². The Hall–Kier alpha value is -2.30. The molecule has 5 heteroatoms. The topological polar surface area (TPSA) is 73.4 Å². The maximum Gasteiger partial charge on any atom is 0.326 e. The molecule has 1 amide bonds. The molecular formula is C14H16N2O3. The van der Waals surface area contributed by atoms with Crippen LogP contribution >= 0.6 is 0 Å². The molecule has 0 saturated heterocycles. The number of aromatic amines is 1. The quantitative estimate of drug-likeness (QED) is 0.884. The first kappa shape index (κ1) is 13.1. The van der Waals surface area contributed by atoms with Crippen molar-refractivity contribution in [1.29, 1.82) is 0 Å². The van der Waals surface area contributed by atoms with Gasteiger partial charge in [-0.3, -0.25) is 4.79 Å². The summed E-state index contributed by atoms with van der Waals surface area (Å²) in [5.74, 6) is -1.28. The van der Waals surface area contributed by atoms with Crippen LogP contribution in [0.2, 0.25) is 0 Å². The number of hydrogen-bond donors (Lipinski definition) is 2. The van der Waals surface area contributed by atoms with Crippen molar-refractivity contribution in [2.45, 2.75) is 19.4 Å². The van der Waals surface area contributed by atoms with Crippen molar-refractivity contribution in [1.82, 2.24) is 9.88 Å². The van der Waals surface area contributed by atoms with Gasteiger partial charge in [0, 0.05) is 18.6 Å². The van der Waals surface area contributed by atoms with Gasteiger partial charge in [-0.15, -0.1) is 0 Å². The Balaban J connectivity index is 2.38. The third-order valence-electron chi connectivity index (χ3n) is 3.28. The molecule has 0 aliphatic carbocycles. The molecule has 5 nitrogen and oxygen atoms in total. The highest BCUT2D eigenvalue weighted by Gasteiger charge is 2.26. The highest BCUT2D eigenvalue weighted by atomic mass is 16.4. The minimum atomic E-state index is -0.989. The molecule has 2 N–H and O–H groups in total. The lowest BCUT2D eigenvalue weighted by Gasteiger charge is -2.24. The number of aliphatic carboxylic acids is 1. The van der Waals surface area contributed by atoms with E-state index < -0.39 is 12.0 Å². The summed E-state index contributed by atoms with van der Waals surface area (Å²) in [7, 11) is 1.52. The van der Waals surface area contributed by atoms with Crippen molar-refractivity contribution < 1.29 is 14.7 Å². The number of aromatic nitrogens is 1. The predicted octanol–water partition coefficient (Wildman–Crippen LogP) is 2.10. The molecule has 0 fully saturated rings. The van der Waals surface area contributed by atoms with Crippen LogP contribution in [-0.2, 0) is 4.79 Å². The normalized spacial score (nSPS) is 12.3. The molecule has 1 aromatic heterocycles. The smallest absolute Gasteiger partial charge is 0.326 e. The van der Waals surface area contributed by atoms with E-state index in [1.165, 1.54) is 11.9 Å². The molecule has 100 valence electrons. The van der Waals surface area contributed by atoms with Crippen LogP contribution < -0.4 is 0 Å². The number of carboxylic acid groups (broad SMARTS) is 1. The Labute approximate surface area is 110 Å². The largest absolute Gasteiger partial charge is 0.480 e. The summed E-state index contributed by atoms with van der Waals surface area (Å²) in [5.41, 5.74) is 1.23. The van der Waals surface area contributed by atoms with Crippen LogP contribution in [0.1, 0.15) is 23.7 Å². The molecule has 0 aliphatic rings. The fourth-order valence-corrected chi connectivity index (χ4v) is 2.21. The molecule has 1 heterocycles. The second-order valence-electron chi connectivity index (χ2n) is 4.43. The lowest BCUT2D eigenvalue weighted by molar-refractivity contribution is -0.142. The number of para-hydroxylation sites is 1. The van der Waals surface area contributed by atoms with Crippen molar-refractivity contribution >= 4 is 22.8 Å². The van der Waals surface area contributed by atoms with Crippen LogP contribution in [-0.4, -0.2) is 40.0 Å². The van der Waals surface area contributed by atoms with Gasteiger partial charge in [-0.2, -0.15) is 0 Å². The Bertz CT molecular complexity index is 618. The molecule has 2 aromatic rings. The van der Waals surface area contributed by atoms with Gasteiger partial charge in [0.05, 0.1) is 11.1 Å². The molecule has 1 unspecified atom stereocenters. The summed E-state index contributed by atoms with van der Waals surface area (Å²) in [6.45, 7) is 1.75. The van der Waals surface area contributed by atoms with Gasteiger partial charge in [-0.25, -0.2) is 4.79 Å². The first-order valence-electron chi connectivity index (χ1n) is 6.12. The summed E-state index contributed by atoms with van der Waals surface area (Å²) >= 11 is 0. The number of H-pyrrole nitrogens is 1. The second-order valence-corrected chi connectivity index (χ2v) is 4.43. The first-order chi connectivity index (χ1) is 9.06. The standard InChI is InChI=1S/C14H16N2O3/c1-3-11(14(18)19)16(2)13(17)10-6-4-5-9-7-8-15-12(9)10/h4-8,11,15H,3H2,1-2H3,(H,18,19). The monoisotopic (exact) mass is 260 g/mol. The number of hydrogen-bond acceptors (Lipinski definition) is 2. The number of carbonyl (C=O) groups is 2. The van der Waals surface area contributed by atoms with E-state index in [9.17, 15) is 9.59 Å². The molecule has 0 radical (unpaired) electrons. The molecule has 0 spiro atoms. The van der Waals surface area contributed by atoms with E-state index in [1.807, 2.05) is 12.1 Å². The fraction of sp³-hybridized carbons (Fsp3) is 0.286. The average Bonchev–Trinajstić information content (AvgIpc) is 2.86. The number of nitrogens with one attached hydrogen (secondary N) is 1. The van der Waals surface area contributed by atoms with Crippen LogP contribution in [0.5, 0.6) is 0 Å². The van der Waals surface area contributed by atoms with Crippen molar-refractivity contribution in [2.75, 3.05) is 7.05 Å². The molecule has 2 rings (SSSR count). The lowest BCUT2D eigenvalue weighted by Crippen LogP contribution is -2.42. The molecule has 1 atom stereocenters. The molecule has 1 aromatic carbocycles. The number of nitrogens with zero attached hydrogens (tertiary/aromatic N) is 1. The number of carbonyl (C=O) groups excluding carboxylic acids is 1. The minimum Gasteiger partial charge on any atom is -0.480 e. The molecule has 19 heavy (non-hydrogen) atoms. The zero-order chi connectivity index (χ0) is 14.0. The fourth-order valence-electron chi connectivity index (χ4n) is 2.21. The van der Waals surface area contributed by atoms with Gasteiger partial charge >= 0.3 is 5.97 Å². The number of amides is 1. The summed E-state index contributed by atoms with van der Waals surface area (Å²) in [5, 5.41) is 10.0. The molecule has 0 bridgehead atoms. The van der Waals surface area contributed by atoms with E-state index in [2.05, 4.69) is 4.98 Å². The number of rotatable bonds is 4. The van der Waals surface area contributed by atoms with Crippen LogP contribution in [0.15, 0.2) is 30.5 Å². The van der Waals surface area contributed by atoms with Crippen LogP contribution in [0.4, 0.5) is 0 Å². The van der Waals surface area contributed by atoms with Crippen molar-refractivity contribution in [3.63, 3.8) is 0 Å². The van der Waals surface area contributed by atoms with E-state index in [1.54, 1.807) is 25.3 Å². The summed E-state index contributed by atoms with van der Waals surface area (Å²) < 4.78 is 0. The van der Waals surface area contributed by atoms with Crippen molar-refractivity contribution in [3.8, 4) is 0 Å². The van der Waals surface area contributed by atoms with Crippen LogP contribution in [0.3, 0.4) is 0 Å². The third-order valence-corrected chi connectivity index (χ3v) is 3.28. The van der Waals surface area contributed by atoms with Crippen molar-refractivity contribution in [2.24, 2.45) is 0 Å².